The van der Waals surface area contributed by atoms with E-state index < -0.39 is 0 Å². The van der Waals surface area contributed by atoms with E-state index in [9.17, 15) is 0 Å². The molecule has 2 aromatic rings. The van der Waals surface area contributed by atoms with E-state index in [1.807, 2.05) is 24.4 Å². The number of fused-ring (bicyclic) bond motifs is 1. The van der Waals surface area contributed by atoms with Crippen LogP contribution < -0.4 is 0 Å². The standard InChI is InChI=1S/C18H17N/c1-3-14-12-15-8-4-5-9-16(15)18(14)13(2)17-10-6-7-11-19-17/h3-11,13H,1,12H2,2H3/t13-/m0/s1. The third kappa shape index (κ3) is 2.01. The van der Waals surface area contributed by atoms with Gasteiger partial charge in [0.05, 0.1) is 0 Å². The van der Waals surface area contributed by atoms with Crippen LogP contribution in [0.1, 0.15) is 29.7 Å². The fourth-order valence-corrected chi connectivity index (χ4v) is 2.88. The molecule has 1 nitrogen and oxygen atoms in total. The van der Waals surface area contributed by atoms with E-state index in [0.29, 0.717) is 5.92 Å². The van der Waals surface area contributed by atoms with E-state index in [0.717, 1.165) is 12.1 Å². The SMILES string of the molecule is C=CC1=C([C@@H](C)c2ccccn2)c2ccccc2C1. The zero-order chi connectivity index (χ0) is 13.2. The smallest absolute Gasteiger partial charge is 0.0475 e. The molecule has 0 saturated carbocycles. The average Bonchev–Trinajstić information content (AvgIpc) is 2.86. The molecule has 0 amide bonds. The summed E-state index contributed by atoms with van der Waals surface area (Å²) >= 11 is 0. The van der Waals surface area contributed by atoms with Crippen molar-refractivity contribution in [1.29, 1.82) is 0 Å². The van der Waals surface area contributed by atoms with Crippen molar-refractivity contribution in [1.82, 2.24) is 4.98 Å². The van der Waals surface area contributed by atoms with Crippen molar-refractivity contribution in [2.24, 2.45) is 0 Å². The molecule has 3 rings (SSSR count). The highest BCUT2D eigenvalue weighted by Gasteiger charge is 2.24. The first-order valence-electron chi connectivity index (χ1n) is 6.66. The normalized spacial score (nSPS) is 15.2. The summed E-state index contributed by atoms with van der Waals surface area (Å²) in [6.07, 6.45) is 4.85. The van der Waals surface area contributed by atoms with Crippen molar-refractivity contribution in [2.45, 2.75) is 19.3 Å². The third-order valence-electron chi connectivity index (χ3n) is 3.85. The second-order valence-electron chi connectivity index (χ2n) is 4.95. The van der Waals surface area contributed by atoms with Gasteiger partial charge in [-0.2, -0.15) is 0 Å². The van der Waals surface area contributed by atoms with Crippen LogP contribution in [0.4, 0.5) is 0 Å². The first-order valence-corrected chi connectivity index (χ1v) is 6.66. The zero-order valence-corrected chi connectivity index (χ0v) is 11.1. The first-order chi connectivity index (χ1) is 9.31. The molecule has 1 heteroatoms. The Labute approximate surface area is 114 Å². The van der Waals surface area contributed by atoms with Crippen LogP contribution in [0, 0.1) is 0 Å². The van der Waals surface area contributed by atoms with Gasteiger partial charge < -0.3 is 0 Å². The van der Waals surface area contributed by atoms with Crippen LogP contribution >= 0.6 is 0 Å². The Bertz CT molecular complexity index is 638. The van der Waals surface area contributed by atoms with E-state index in [1.54, 1.807) is 0 Å². The molecule has 19 heavy (non-hydrogen) atoms. The van der Waals surface area contributed by atoms with Gasteiger partial charge >= 0.3 is 0 Å². The highest BCUT2D eigenvalue weighted by molar-refractivity contribution is 5.81. The van der Waals surface area contributed by atoms with Crippen LogP contribution in [-0.2, 0) is 6.42 Å². The molecule has 0 bridgehead atoms. The first kappa shape index (κ1) is 11.9. The summed E-state index contributed by atoms with van der Waals surface area (Å²) in [6.45, 7) is 6.20. The van der Waals surface area contributed by atoms with Gasteiger partial charge in [0.1, 0.15) is 0 Å². The Hall–Kier alpha value is -2.15. The summed E-state index contributed by atoms with van der Waals surface area (Å²) in [7, 11) is 0. The molecule has 1 aliphatic carbocycles. The van der Waals surface area contributed by atoms with Gasteiger partial charge in [-0.05, 0) is 40.8 Å². The number of hydrogen-bond acceptors (Lipinski definition) is 1. The predicted octanol–water partition coefficient (Wildman–Crippen LogP) is 4.38. The van der Waals surface area contributed by atoms with E-state index >= 15 is 0 Å². The van der Waals surface area contributed by atoms with Gasteiger partial charge in [0.2, 0.25) is 0 Å². The van der Waals surface area contributed by atoms with Gasteiger partial charge in [-0.25, -0.2) is 0 Å². The molecular weight excluding hydrogens is 230 g/mol. The van der Waals surface area contributed by atoms with Crippen LogP contribution in [0.3, 0.4) is 0 Å². The molecular formula is C18H17N. The maximum absolute atomic E-state index is 4.50. The fourth-order valence-electron chi connectivity index (χ4n) is 2.88. The quantitative estimate of drug-likeness (QED) is 0.784. The number of allylic oxidation sites excluding steroid dienone is 3. The molecule has 1 heterocycles. The van der Waals surface area contributed by atoms with Crippen LogP contribution in [0.25, 0.3) is 5.57 Å². The van der Waals surface area contributed by atoms with Crippen LogP contribution in [0.5, 0.6) is 0 Å². The summed E-state index contributed by atoms with van der Waals surface area (Å²) in [4.78, 5) is 4.50. The van der Waals surface area contributed by atoms with E-state index in [-0.39, 0.29) is 0 Å². The van der Waals surface area contributed by atoms with Crippen LogP contribution in [0.2, 0.25) is 0 Å². The lowest BCUT2D eigenvalue weighted by molar-refractivity contribution is 0.923. The van der Waals surface area contributed by atoms with E-state index in [4.69, 9.17) is 0 Å². The maximum atomic E-state index is 4.50. The van der Waals surface area contributed by atoms with Gasteiger partial charge in [-0.3, -0.25) is 4.98 Å². The Morgan fingerprint density at radius 2 is 1.95 bits per heavy atom. The van der Waals surface area contributed by atoms with Crippen molar-refractivity contribution in [3.05, 3.63) is 83.7 Å². The van der Waals surface area contributed by atoms with Gasteiger partial charge in [0.15, 0.2) is 0 Å². The lowest BCUT2D eigenvalue weighted by atomic mass is 9.90. The third-order valence-corrected chi connectivity index (χ3v) is 3.85. The molecule has 0 N–H and O–H groups in total. The summed E-state index contributed by atoms with van der Waals surface area (Å²) in [5.74, 6) is 0.304. The molecule has 0 fully saturated rings. The van der Waals surface area contributed by atoms with Gasteiger partial charge in [-0.15, -0.1) is 0 Å². The van der Waals surface area contributed by atoms with Crippen molar-refractivity contribution >= 4 is 5.57 Å². The molecule has 0 radical (unpaired) electrons. The molecule has 0 spiro atoms. The molecule has 0 aliphatic heterocycles. The lowest BCUT2D eigenvalue weighted by Crippen LogP contribution is -2.00. The highest BCUT2D eigenvalue weighted by atomic mass is 14.7. The average molecular weight is 247 g/mol. The number of pyridine rings is 1. The van der Waals surface area contributed by atoms with Crippen molar-refractivity contribution in [3.8, 4) is 0 Å². The van der Waals surface area contributed by atoms with Crippen molar-refractivity contribution in [3.63, 3.8) is 0 Å². The molecule has 1 aromatic carbocycles. The molecule has 1 atom stereocenters. The highest BCUT2D eigenvalue weighted by Crippen LogP contribution is 2.41. The number of nitrogens with zero attached hydrogens (tertiary/aromatic N) is 1. The minimum Gasteiger partial charge on any atom is -0.261 e. The van der Waals surface area contributed by atoms with Crippen LogP contribution in [0.15, 0.2) is 66.9 Å². The second kappa shape index (κ2) is 4.85. The Balaban J connectivity index is 2.09. The van der Waals surface area contributed by atoms with Crippen molar-refractivity contribution in [2.75, 3.05) is 0 Å². The zero-order valence-electron chi connectivity index (χ0n) is 11.1. The Kier molecular flexibility index (Phi) is 3.04. The predicted molar refractivity (Wildman–Crippen MR) is 79.9 cm³/mol. The minimum atomic E-state index is 0.304. The van der Waals surface area contributed by atoms with Crippen LogP contribution in [-0.4, -0.2) is 4.98 Å². The minimum absolute atomic E-state index is 0.304. The van der Waals surface area contributed by atoms with Gasteiger partial charge in [0.25, 0.3) is 0 Å². The summed E-state index contributed by atoms with van der Waals surface area (Å²) in [5.41, 5.74) is 6.59. The molecule has 0 saturated heterocycles. The second-order valence-corrected chi connectivity index (χ2v) is 4.95. The fraction of sp³-hybridized carbons (Fsp3) is 0.167. The summed E-state index contributed by atoms with van der Waals surface area (Å²) < 4.78 is 0. The Morgan fingerprint density at radius 1 is 1.16 bits per heavy atom. The topological polar surface area (TPSA) is 12.9 Å². The van der Waals surface area contributed by atoms with Gasteiger partial charge in [0, 0.05) is 17.8 Å². The van der Waals surface area contributed by atoms with Crippen molar-refractivity contribution < 1.29 is 0 Å². The number of benzene rings is 1. The lowest BCUT2D eigenvalue weighted by Gasteiger charge is -2.15. The number of hydrogen-bond donors (Lipinski definition) is 0. The largest absolute Gasteiger partial charge is 0.261 e. The molecule has 94 valence electrons. The molecule has 0 unspecified atom stereocenters. The van der Waals surface area contributed by atoms with E-state index in [1.165, 1.54) is 22.3 Å². The summed E-state index contributed by atoms with van der Waals surface area (Å²) in [6, 6.07) is 14.7. The Morgan fingerprint density at radius 3 is 2.68 bits per heavy atom. The number of aromatic nitrogens is 1. The molecule has 1 aliphatic rings. The number of rotatable bonds is 3. The van der Waals surface area contributed by atoms with E-state index in [2.05, 4.69) is 48.8 Å². The summed E-state index contributed by atoms with van der Waals surface area (Å²) in [5, 5.41) is 0. The maximum Gasteiger partial charge on any atom is 0.0475 e. The monoisotopic (exact) mass is 247 g/mol. The van der Waals surface area contributed by atoms with Gasteiger partial charge in [-0.1, -0.05) is 49.9 Å². The molecule has 1 aromatic heterocycles.